The molecule has 0 fully saturated rings. The minimum Gasteiger partial charge on any atom is -0.374 e. The molecule has 3 rings (SSSR count). The van der Waals surface area contributed by atoms with E-state index in [1.165, 1.54) is 16.9 Å². The molecule has 0 saturated carbocycles. The Balaban J connectivity index is 2.25. The van der Waals surface area contributed by atoms with Crippen LogP contribution in [0.25, 0.3) is 10.6 Å². The highest BCUT2D eigenvalue weighted by Gasteiger charge is 2.19. The monoisotopic (exact) mass is 248 g/mol. The average molecular weight is 248 g/mol. The van der Waals surface area contributed by atoms with Gasteiger partial charge in [0.1, 0.15) is 0 Å². The lowest BCUT2D eigenvalue weighted by molar-refractivity contribution is 0.780. The van der Waals surface area contributed by atoms with Crippen molar-refractivity contribution >= 4 is 16.5 Å². The molecule has 0 unspecified atom stereocenters. The first-order chi connectivity index (χ1) is 8.16. The molecule has 0 atom stereocenters. The maximum Gasteiger partial charge on any atom is 0.260 e. The number of hydrogen-bond acceptors (Lipinski definition) is 5. The first-order valence-electron chi connectivity index (χ1n) is 5.48. The summed E-state index contributed by atoms with van der Waals surface area (Å²) in [6, 6.07) is 1.95. The van der Waals surface area contributed by atoms with Crippen molar-refractivity contribution in [2.75, 3.05) is 5.73 Å². The quantitative estimate of drug-likeness (QED) is 0.816. The third kappa shape index (κ3) is 1.56. The van der Waals surface area contributed by atoms with E-state index >= 15 is 0 Å². The van der Waals surface area contributed by atoms with Crippen LogP contribution >= 0.6 is 11.3 Å². The van der Waals surface area contributed by atoms with E-state index in [4.69, 9.17) is 5.73 Å². The summed E-state index contributed by atoms with van der Waals surface area (Å²) in [4.78, 5) is 12.2. The number of aromatic nitrogens is 3. The molecule has 5 nitrogen and oxygen atoms in total. The predicted octanol–water partition coefficient (Wildman–Crippen LogP) is 0.975. The van der Waals surface area contributed by atoms with E-state index in [1.807, 2.05) is 13.1 Å². The van der Waals surface area contributed by atoms with Crippen LogP contribution in [0.2, 0.25) is 0 Å². The molecule has 1 aliphatic carbocycles. The van der Waals surface area contributed by atoms with Crippen molar-refractivity contribution in [2.24, 2.45) is 7.05 Å². The van der Waals surface area contributed by atoms with Gasteiger partial charge < -0.3 is 10.3 Å². The first-order valence-corrected chi connectivity index (χ1v) is 6.29. The molecule has 2 aromatic heterocycles. The second-order valence-electron chi connectivity index (χ2n) is 4.19. The number of nitrogen functional groups attached to an aromatic ring is 1. The summed E-state index contributed by atoms with van der Waals surface area (Å²) in [7, 11) is 1.82. The predicted molar refractivity (Wildman–Crippen MR) is 67.0 cm³/mol. The number of hydrogen-bond donors (Lipinski definition) is 1. The van der Waals surface area contributed by atoms with Crippen molar-refractivity contribution in [2.45, 2.75) is 19.3 Å². The molecule has 88 valence electrons. The largest absolute Gasteiger partial charge is 0.374 e. The third-order valence-corrected chi connectivity index (χ3v) is 3.95. The Hall–Kier alpha value is -1.69. The highest BCUT2D eigenvalue weighted by Crippen LogP contribution is 2.27. The van der Waals surface area contributed by atoms with Gasteiger partial charge in [0, 0.05) is 12.7 Å². The van der Waals surface area contributed by atoms with Crippen LogP contribution in [0.1, 0.15) is 17.7 Å². The summed E-state index contributed by atoms with van der Waals surface area (Å²) >= 11 is 1.25. The highest BCUT2D eigenvalue weighted by molar-refractivity contribution is 7.18. The Morgan fingerprint density at radius 2 is 2.24 bits per heavy atom. The molecule has 0 aliphatic heterocycles. The van der Waals surface area contributed by atoms with E-state index in [0.29, 0.717) is 15.7 Å². The topological polar surface area (TPSA) is 73.8 Å². The zero-order valence-corrected chi connectivity index (χ0v) is 10.3. The Bertz CT molecular complexity index is 643. The molecular formula is C11H12N4OS. The Kier molecular flexibility index (Phi) is 2.25. The summed E-state index contributed by atoms with van der Waals surface area (Å²) in [6.45, 7) is 0. The molecule has 2 aromatic rings. The SMILES string of the molecule is Cn1c2c(cc(-c3nnc(N)s3)c1=O)CCC2. The molecule has 0 amide bonds. The molecule has 0 saturated heterocycles. The standard InChI is InChI=1S/C11H12N4OS/c1-15-8-4-2-3-6(8)5-7(10(15)16)9-13-14-11(12)17-9/h5H,2-4H2,1H3,(H2,12,14). The molecule has 0 bridgehead atoms. The van der Waals surface area contributed by atoms with Gasteiger partial charge in [0.25, 0.3) is 5.56 Å². The lowest BCUT2D eigenvalue weighted by atomic mass is 10.1. The summed E-state index contributed by atoms with van der Waals surface area (Å²) in [6.07, 6.45) is 3.13. The fourth-order valence-corrected chi connectivity index (χ4v) is 2.94. The summed E-state index contributed by atoms with van der Waals surface area (Å²) in [5.41, 5.74) is 8.55. The maximum absolute atomic E-state index is 12.2. The molecule has 2 heterocycles. The van der Waals surface area contributed by atoms with Gasteiger partial charge in [0.2, 0.25) is 5.13 Å². The highest BCUT2D eigenvalue weighted by atomic mass is 32.1. The van der Waals surface area contributed by atoms with E-state index < -0.39 is 0 Å². The number of fused-ring (bicyclic) bond motifs is 1. The van der Waals surface area contributed by atoms with Gasteiger partial charge in [-0.05, 0) is 30.9 Å². The average Bonchev–Trinajstić information content (AvgIpc) is 2.91. The number of pyridine rings is 1. The Morgan fingerprint density at radius 3 is 2.94 bits per heavy atom. The minimum atomic E-state index is -0.0122. The van der Waals surface area contributed by atoms with Gasteiger partial charge >= 0.3 is 0 Å². The number of nitrogens with zero attached hydrogens (tertiary/aromatic N) is 3. The van der Waals surface area contributed by atoms with Crippen molar-refractivity contribution in [3.63, 3.8) is 0 Å². The van der Waals surface area contributed by atoms with Crippen LogP contribution in [-0.4, -0.2) is 14.8 Å². The second kappa shape index (κ2) is 3.66. The first kappa shape index (κ1) is 10.5. The normalized spacial score (nSPS) is 13.9. The second-order valence-corrected chi connectivity index (χ2v) is 5.20. The molecular weight excluding hydrogens is 236 g/mol. The van der Waals surface area contributed by atoms with E-state index in [9.17, 15) is 4.79 Å². The van der Waals surface area contributed by atoms with Gasteiger partial charge in [0.15, 0.2) is 5.01 Å². The van der Waals surface area contributed by atoms with Crippen LogP contribution in [0.3, 0.4) is 0 Å². The molecule has 17 heavy (non-hydrogen) atoms. The number of aryl methyl sites for hydroxylation is 1. The fraction of sp³-hybridized carbons (Fsp3) is 0.364. The maximum atomic E-state index is 12.2. The lowest BCUT2D eigenvalue weighted by Gasteiger charge is -2.08. The van der Waals surface area contributed by atoms with Gasteiger partial charge in [-0.2, -0.15) is 0 Å². The van der Waals surface area contributed by atoms with Crippen LogP contribution in [0.5, 0.6) is 0 Å². The summed E-state index contributed by atoms with van der Waals surface area (Å²) in [5, 5.41) is 8.70. The van der Waals surface area contributed by atoms with Crippen LogP contribution in [0.15, 0.2) is 10.9 Å². The third-order valence-electron chi connectivity index (χ3n) is 3.16. The van der Waals surface area contributed by atoms with Gasteiger partial charge in [-0.1, -0.05) is 11.3 Å². The van der Waals surface area contributed by atoms with Crippen molar-refractivity contribution < 1.29 is 0 Å². The van der Waals surface area contributed by atoms with Crippen molar-refractivity contribution in [1.82, 2.24) is 14.8 Å². The molecule has 0 aromatic carbocycles. The van der Waals surface area contributed by atoms with Crippen LogP contribution in [-0.2, 0) is 19.9 Å². The van der Waals surface area contributed by atoms with E-state index in [2.05, 4.69) is 10.2 Å². The summed E-state index contributed by atoms with van der Waals surface area (Å²) < 4.78 is 1.73. The van der Waals surface area contributed by atoms with E-state index in [0.717, 1.165) is 25.0 Å². The van der Waals surface area contributed by atoms with E-state index in [1.54, 1.807) is 4.57 Å². The van der Waals surface area contributed by atoms with Crippen LogP contribution in [0, 0.1) is 0 Å². The Labute approximate surface area is 102 Å². The number of nitrogens with two attached hydrogens (primary N) is 1. The van der Waals surface area contributed by atoms with Crippen LogP contribution < -0.4 is 11.3 Å². The van der Waals surface area contributed by atoms with Gasteiger partial charge in [0.05, 0.1) is 5.56 Å². The molecule has 0 spiro atoms. The number of anilines is 1. The molecule has 1 aliphatic rings. The minimum absolute atomic E-state index is 0.0122. The van der Waals surface area contributed by atoms with Crippen LogP contribution in [0.4, 0.5) is 5.13 Å². The van der Waals surface area contributed by atoms with Crippen molar-refractivity contribution in [3.8, 4) is 10.6 Å². The smallest absolute Gasteiger partial charge is 0.260 e. The van der Waals surface area contributed by atoms with Gasteiger partial charge in [-0.15, -0.1) is 10.2 Å². The molecule has 6 heteroatoms. The zero-order chi connectivity index (χ0) is 12.0. The zero-order valence-electron chi connectivity index (χ0n) is 9.43. The van der Waals surface area contributed by atoms with Gasteiger partial charge in [-0.25, -0.2) is 0 Å². The van der Waals surface area contributed by atoms with E-state index in [-0.39, 0.29) is 5.56 Å². The Morgan fingerprint density at radius 1 is 1.41 bits per heavy atom. The van der Waals surface area contributed by atoms with Crippen molar-refractivity contribution in [1.29, 1.82) is 0 Å². The lowest BCUT2D eigenvalue weighted by Crippen LogP contribution is -2.22. The molecule has 2 N–H and O–H groups in total. The number of rotatable bonds is 1. The summed E-state index contributed by atoms with van der Waals surface area (Å²) in [5.74, 6) is 0. The van der Waals surface area contributed by atoms with Crippen molar-refractivity contribution in [3.05, 3.63) is 27.7 Å². The van der Waals surface area contributed by atoms with Gasteiger partial charge in [-0.3, -0.25) is 4.79 Å². The molecule has 0 radical (unpaired) electrons. The fourth-order valence-electron chi connectivity index (χ4n) is 2.33.